The molecule has 0 atom stereocenters. The van der Waals surface area contributed by atoms with Crippen molar-refractivity contribution in [2.75, 3.05) is 0 Å². The number of hydrogen-bond acceptors (Lipinski definition) is 4. The number of thiazole rings is 1. The molecule has 0 radical (unpaired) electrons. The fourth-order valence-corrected chi connectivity index (χ4v) is 2.53. The predicted octanol–water partition coefficient (Wildman–Crippen LogP) is 3.92. The van der Waals surface area contributed by atoms with Gasteiger partial charge in [0.2, 0.25) is 0 Å². The highest BCUT2D eigenvalue weighted by atomic mass is 35.5. The first-order chi connectivity index (χ1) is 8.81. The van der Waals surface area contributed by atoms with E-state index in [2.05, 4.69) is 9.97 Å². The lowest BCUT2D eigenvalue weighted by molar-refractivity contribution is 0.310. The number of nitrogens with zero attached hydrogens (tertiary/aromatic N) is 2. The number of halogens is 1. The van der Waals surface area contributed by atoms with E-state index in [4.69, 9.17) is 16.3 Å². The number of pyridine rings is 1. The lowest BCUT2D eigenvalue weighted by Gasteiger charge is -2.05. The lowest BCUT2D eigenvalue weighted by atomic mass is 10.2. The molecule has 2 heterocycles. The van der Waals surface area contributed by atoms with Gasteiger partial charge >= 0.3 is 0 Å². The topological polar surface area (TPSA) is 35.0 Å². The third-order valence-electron chi connectivity index (χ3n) is 2.48. The number of ether oxygens (including phenoxy) is 1. The fraction of sp³-hybridized carbons (Fsp3) is 0.0769. The minimum atomic E-state index is 0.475. The van der Waals surface area contributed by atoms with Crippen molar-refractivity contribution in [3.05, 3.63) is 52.1 Å². The van der Waals surface area contributed by atoms with Gasteiger partial charge in [-0.1, -0.05) is 17.7 Å². The smallest absolute Gasteiger partial charge is 0.183 e. The Kier molecular flexibility index (Phi) is 3.13. The molecule has 0 N–H and O–H groups in total. The maximum atomic E-state index is 5.76. The Morgan fingerprint density at radius 2 is 2.17 bits per heavy atom. The highest BCUT2D eigenvalue weighted by Crippen LogP contribution is 2.22. The van der Waals surface area contributed by atoms with Gasteiger partial charge in [0.15, 0.2) is 4.47 Å². The quantitative estimate of drug-likeness (QED) is 0.727. The van der Waals surface area contributed by atoms with E-state index in [1.54, 1.807) is 12.4 Å². The monoisotopic (exact) mass is 276 g/mol. The number of rotatable bonds is 3. The normalized spacial score (nSPS) is 10.7. The second-order valence-electron chi connectivity index (χ2n) is 3.73. The highest BCUT2D eigenvalue weighted by Gasteiger charge is 2.02. The zero-order valence-corrected chi connectivity index (χ0v) is 10.9. The first-order valence-corrected chi connectivity index (χ1v) is 6.58. The van der Waals surface area contributed by atoms with Crippen LogP contribution in [0.1, 0.15) is 4.88 Å². The molecule has 0 fully saturated rings. The first-order valence-electron chi connectivity index (χ1n) is 5.39. The molecule has 0 aliphatic heterocycles. The molecule has 3 rings (SSSR count). The molecule has 1 aromatic carbocycles. The third kappa shape index (κ3) is 2.44. The van der Waals surface area contributed by atoms with Crippen molar-refractivity contribution in [2.45, 2.75) is 6.61 Å². The summed E-state index contributed by atoms with van der Waals surface area (Å²) >= 11 is 7.19. The molecular weight excluding hydrogens is 268 g/mol. The summed E-state index contributed by atoms with van der Waals surface area (Å²) in [5, 5.41) is 1.10. The summed E-state index contributed by atoms with van der Waals surface area (Å²) in [5.41, 5.74) is 0.928. The average molecular weight is 277 g/mol. The summed E-state index contributed by atoms with van der Waals surface area (Å²) in [4.78, 5) is 9.26. The van der Waals surface area contributed by atoms with Crippen LogP contribution in [0.2, 0.25) is 4.47 Å². The summed E-state index contributed by atoms with van der Waals surface area (Å²) in [6, 6.07) is 9.80. The summed E-state index contributed by atoms with van der Waals surface area (Å²) in [6.07, 6.45) is 3.50. The van der Waals surface area contributed by atoms with Gasteiger partial charge < -0.3 is 4.74 Å². The van der Waals surface area contributed by atoms with Crippen molar-refractivity contribution in [2.24, 2.45) is 0 Å². The molecule has 3 aromatic rings. The van der Waals surface area contributed by atoms with Crippen molar-refractivity contribution in [3.63, 3.8) is 0 Å². The summed E-state index contributed by atoms with van der Waals surface area (Å²) in [6.45, 7) is 0.475. The second-order valence-corrected chi connectivity index (χ2v) is 5.42. The van der Waals surface area contributed by atoms with Gasteiger partial charge in [-0.15, -0.1) is 11.3 Å². The zero-order valence-electron chi connectivity index (χ0n) is 9.34. The Hall–Kier alpha value is -1.65. The van der Waals surface area contributed by atoms with Crippen LogP contribution in [0.3, 0.4) is 0 Å². The largest absolute Gasteiger partial charge is 0.488 e. The number of fused-ring (bicyclic) bond motifs is 1. The van der Waals surface area contributed by atoms with Crippen LogP contribution in [0, 0.1) is 0 Å². The van der Waals surface area contributed by atoms with Crippen LogP contribution in [0.4, 0.5) is 0 Å². The van der Waals surface area contributed by atoms with Crippen LogP contribution in [0.25, 0.3) is 10.9 Å². The van der Waals surface area contributed by atoms with E-state index in [-0.39, 0.29) is 0 Å². The van der Waals surface area contributed by atoms with Gasteiger partial charge in [0.05, 0.1) is 10.4 Å². The SMILES string of the molecule is Clc1ncc(COc2ccc3cccnc3c2)s1. The minimum absolute atomic E-state index is 0.475. The molecule has 3 nitrogen and oxygen atoms in total. The van der Waals surface area contributed by atoms with E-state index in [0.29, 0.717) is 11.1 Å². The van der Waals surface area contributed by atoms with Crippen molar-refractivity contribution >= 4 is 33.8 Å². The van der Waals surface area contributed by atoms with E-state index in [9.17, 15) is 0 Å². The second kappa shape index (κ2) is 4.92. The van der Waals surface area contributed by atoms with Crippen molar-refractivity contribution < 1.29 is 4.74 Å². The van der Waals surface area contributed by atoms with Gasteiger partial charge in [-0.2, -0.15) is 0 Å². The van der Waals surface area contributed by atoms with Crippen LogP contribution >= 0.6 is 22.9 Å². The van der Waals surface area contributed by atoms with Crippen LogP contribution in [0.15, 0.2) is 42.7 Å². The Morgan fingerprint density at radius 1 is 1.22 bits per heavy atom. The van der Waals surface area contributed by atoms with Crippen molar-refractivity contribution in [1.82, 2.24) is 9.97 Å². The van der Waals surface area contributed by atoms with Gasteiger partial charge in [0.1, 0.15) is 12.4 Å². The van der Waals surface area contributed by atoms with E-state index >= 15 is 0 Å². The molecule has 0 saturated heterocycles. The van der Waals surface area contributed by atoms with Crippen molar-refractivity contribution in [3.8, 4) is 5.75 Å². The van der Waals surface area contributed by atoms with Gasteiger partial charge in [-0.25, -0.2) is 4.98 Å². The van der Waals surface area contributed by atoms with Gasteiger partial charge in [-0.3, -0.25) is 4.98 Å². The lowest BCUT2D eigenvalue weighted by Crippen LogP contribution is -1.92. The van der Waals surface area contributed by atoms with Crippen LogP contribution in [-0.4, -0.2) is 9.97 Å². The first kappa shape index (κ1) is 11.4. The average Bonchev–Trinajstić information content (AvgIpc) is 2.82. The molecule has 0 amide bonds. The maximum Gasteiger partial charge on any atom is 0.183 e. The molecule has 5 heteroatoms. The van der Waals surface area contributed by atoms with Crippen molar-refractivity contribution in [1.29, 1.82) is 0 Å². The maximum absolute atomic E-state index is 5.76. The summed E-state index contributed by atoms with van der Waals surface area (Å²) in [7, 11) is 0. The molecule has 0 saturated carbocycles. The number of hydrogen-bond donors (Lipinski definition) is 0. The molecular formula is C13H9ClN2OS. The zero-order chi connectivity index (χ0) is 12.4. The minimum Gasteiger partial charge on any atom is -0.488 e. The Bertz CT molecular complexity index is 683. The molecule has 0 unspecified atom stereocenters. The molecule has 90 valence electrons. The third-order valence-corrected chi connectivity index (χ3v) is 3.57. The van der Waals surface area contributed by atoms with Gasteiger partial charge in [-0.05, 0) is 18.2 Å². The molecule has 18 heavy (non-hydrogen) atoms. The fourth-order valence-electron chi connectivity index (χ4n) is 1.64. The van der Waals surface area contributed by atoms with Crippen LogP contribution in [-0.2, 0) is 6.61 Å². The molecule has 0 spiro atoms. The molecule has 0 aliphatic rings. The molecule has 0 aliphatic carbocycles. The molecule has 0 bridgehead atoms. The van der Waals surface area contributed by atoms with E-state index in [0.717, 1.165) is 21.5 Å². The van der Waals surface area contributed by atoms with Gasteiger partial charge in [0, 0.05) is 23.8 Å². The summed E-state index contributed by atoms with van der Waals surface area (Å²) < 4.78 is 6.22. The standard InChI is InChI=1S/C13H9ClN2OS/c14-13-16-7-11(18-13)8-17-10-4-3-9-2-1-5-15-12(9)6-10/h1-7H,8H2. The van der Waals surface area contributed by atoms with Crippen LogP contribution < -0.4 is 4.74 Å². The van der Waals surface area contributed by atoms with Gasteiger partial charge in [0.25, 0.3) is 0 Å². The Morgan fingerprint density at radius 3 is 3.00 bits per heavy atom. The Labute approximate surface area is 113 Å². The molecule has 2 aromatic heterocycles. The highest BCUT2D eigenvalue weighted by molar-refractivity contribution is 7.15. The number of benzene rings is 1. The number of aromatic nitrogens is 2. The van der Waals surface area contributed by atoms with E-state index in [1.165, 1.54) is 11.3 Å². The van der Waals surface area contributed by atoms with Crippen LogP contribution in [0.5, 0.6) is 5.75 Å². The predicted molar refractivity (Wildman–Crippen MR) is 73.2 cm³/mol. The Balaban J connectivity index is 1.78. The van der Waals surface area contributed by atoms with E-state index in [1.807, 2.05) is 30.3 Å². The van der Waals surface area contributed by atoms with E-state index < -0.39 is 0 Å². The summed E-state index contributed by atoms with van der Waals surface area (Å²) in [5.74, 6) is 0.797.